The molecule has 3 unspecified atom stereocenters. The molecule has 1 nitrogen and oxygen atoms in total. The van der Waals surface area contributed by atoms with Gasteiger partial charge in [0, 0.05) is 0 Å². The Hall–Kier alpha value is -0.980. The fraction of sp³-hybridized carbons (Fsp3) is 0.700. The molecule has 0 spiro atoms. The standard InChI is InChI=1S/C18H32O.C2H6/c1-8-9-14(2)15(3)10-11-16(4)17(5)12-13-18(6)19-7;1-2/h12-16H,5-6,8-11H2,1-4,7H3;1-2H3/b13-12-;. The smallest absolute Gasteiger partial charge is 0.111 e. The molecule has 0 rings (SSSR count). The van der Waals surface area contributed by atoms with E-state index in [9.17, 15) is 0 Å². The Balaban J connectivity index is 0. The minimum atomic E-state index is 0.525. The first-order valence-corrected chi connectivity index (χ1v) is 8.52. The van der Waals surface area contributed by atoms with Crippen LogP contribution in [0.4, 0.5) is 0 Å². The molecule has 0 bridgehead atoms. The summed E-state index contributed by atoms with van der Waals surface area (Å²) < 4.78 is 5.01. The van der Waals surface area contributed by atoms with E-state index in [1.807, 2.05) is 26.0 Å². The average molecular weight is 295 g/mol. The zero-order chi connectivity index (χ0) is 16.8. The lowest BCUT2D eigenvalue weighted by molar-refractivity contribution is 0.308. The maximum absolute atomic E-state index is 5.01. The van der Waals surface area contributed by atoms with Crippen LogP contribution < -0.4 is 0 Å². The third-order valence-electron chi connectivity index (χ3n) is 4.15. The van der Waals surface area contributed by atoms with E-state index in [2.05, 4.69) is 40.9 Å². The molecule has 0 aromatic heterocycles. The Bertz CT molecular complexity index is 301. The number of ether oxygens (including phenoxy) is 1. The summed E-state index contributed by atoms with van der Waals surface area (Å²) in [6, 6.07) is 0. The van der Waals surface area contributed by atoms with E-state index in [-0.39, 0.29) is 0 Å². The lowest BCUT2D eigenvalue weighted by Crippen LogP contribution is -2.09. The largest absolute Gasteiger partial charge is 0.497 e. The van der Waals surface area contributed by atoms with E-state index in [0.717, 1.165) is 17.4 Å². The van der Waals surface area contributed by atoms with Crippen LogP contribution in [0.2, 0.25) is 0 Å². The first-order valence-electron chi connectivity index (χ1n) is 8.52. The highest BCUT2D eigenvalue weighted by atomic mass is 16.5. The topological polar surface area (TPSA) is 9.23 Å². The predicted molar refractivity (Wildman–Crippen MR) is 97.4 cm³/mol. The first kappa shape index (κ1) is 22.3. The Morgan fingerprint density at radius 1 is 0.952 bits per heavy atom. The fourth-order valence-electron chi connectivity index (χ4n) is 2.15. The molecule has 0 aromatic carbocycles. The molecule has 0 saturated carbocycles. The fourth-order valence-corrected chi connectivity index (χ4v) is 2.15. The van der Waals surface area contributed by atoms with Crippen molar-refractivity contribution < 1.29 is 4.74 Å². The lowest BCUT2D eigenvalue weighted by Gasteiger charge is -2.21. The van der Waals surface area contributed by atoms with Gasteiger partial charge in [0.15, 0.2) is 0 Å². The molecule has 21 heavy (non-hydrogen) atoms. The highest BCUT2D eigenvalue weighted by Gasteiger charge is 2.13. The Labute approximate surface area is 134 Å². The van der Waals surface area contributed by atoms with Crippen LogP contribution in [0.5, 0.6) is 0 Å². The van der Waals surface area contributed by atoms with Crippen molar-refractivity contribution in [2.24, 2.45) is 17.8 Å². The van der Waals surface area contributed by atoms with Gasteiger partial charge in [-0.2, -0.15) is 0 Å². The number of rotatable bonds is 10. The summed E-state index contributed by atoms with van der Waals surface area (Å²) in [5, 5.41) is 0. The summed E-state index contributed by atoms with van der Waals surface area (Å²) in [4.78, 5) is 0. The number of hydrogen-bond acceptors (Lipinski definition) is 1. The minimum absolute atomic E-state index is 0.525. The molecule has 0 aromatic rings. The van der Waals surface area contributed by atoms with E-state index >= 15 is 0 Å². The van der Waals surface area contributed by atoms with E-state index in [4.69, 9.17) is 4.74 Å². The van der Waals surface area contributed by atoms with Crippen molar-refractivity contribution in [3.05, 3.63) is 36.6 Å². The molecule has 0 aliphatic heterocycles. The van der Waals surface area contributed by atoms with E-state index in [0.29, 0.717) is 11.7 Å². The van der Waals surface area contributed by atoms with Gasteiger partial charge in [-0.05, 0) is 36.7 Å². The molecule has 0 aliphatic rings. The number of allylic oxidation sites excluding steroid dienone is 3. The van der Waals surface area contributed by atoms with Crippen LogP contribution in [0.25, 0.3) is 0 Å². The molecule has 0 saturated heterocycles. The second-order valence-electron chi connectivity index (χ2n) is 5.80. The summed E-state index contributed by atoms with van der Waals surface area (Å²) in [6.45, 7) is 21.2. The molecule has 0 heterocycles. The molecule has 0 radical (unpaired) electrons. The van der Waals surface area contributed by atoms with E-state index in [1.54, 1.807) is 7.11 Å². The van der Waals surface area contributed by atoms with Crippen molar-refractivity contribution in [2.45, 2.75) is 67.2 Å². The summed E-state index contributed by atoms with van der Waals surface area (Å²) in [6.07, 6.45) is 9.02. The maximum atomic E-state index is 5.01. The van der Waals surface area contributed by atoms with Gasteiger partial charge in [-0.25, -0.2) is 0 Å². The van der Waals surface area contributed by atoms with Crippen molar-refractivity contribution in [3.8, 4) is 0 Å². The molecule has 0 aliphatic carbocycles. The normalized spacial score (nSPS) is 14.8. The third-order valence-corrected chi connectivity index (χ3v) is 4.15. The summed E-state index contributed by atoms with van der Waals surface area (Å²) >= 11 is 0. The van der Waals surface area contributed by atoms with Crippen LogP contribution in [-0.2, 0) is 4.74 Å². The highest BCUT2D eigenvalue weighted by Crippen LogP contribution is 2.25. The van der Waals surface area contributed by atoms with Crippen molar-refractivity contribution in [3.63, 3.8) is 0 Å². The molecule has 0 amide bonds. The van der Waals surface area contributed by atoms with Crippen molar-refractivity contribution in [1.82, 2.24) is 0 Å². The van der Waals surface area contributed by atoms with Crippen molar-refractivity contribution >= 4 is 0 Å². The lowest BCUT2D eigenvalue weighted by atomic mass is 9.85. The van der Waals surface area contributed by atoms with Gasteiger partial charge in [0.1, 0.15) is 5.76 Å². The Morgan fingerprint density at radius 2 is 1.48 bits per heavy atom. The van der Waals surface area contributed by atoms with Gasteiger partial charge >= 0.3 is 0 Å². The predicted octanol–water partition coefficient (Wildman–Crippen LogP) is 6.77. The van der Waals surface area contributed by atoms with Crippen LogP contribution in [0.1, 0.15) is 67.2 Å². The monoisotopic (exact) mass is 294 g/mol. The summed E-state index contributed by atoms with van der Waals surface area (Å²) in [7, 11) is 1.63. The maximum Gasteiger partial charge on any atom is 0.111 e. The third kappa shape index (κ3) is 11.4. The van der Waals surface area contributed by atoms with E-state index < -0.39 is 0 Å². The van der Waals surface area contributed by atoms with Crippen LogP contribution in [0, 0.1) is 17.8 Å². The molecule has 0 fully saturated rings. The second-order valence-corrected chi connectivity index (χ2v) is 5.80. The molecule has 0 N–H and O–H groups in total. The Kier molecular flexibility index (Phi) is 14.8. The van der Waals surface area contributed by atoms with Crippen molar-refractivity contribution in [2.75, 3.05) is 7.11 Å². The summed E-state index contributed by atoms with van der Waals surface area (Å²) in [5.74, 6) is 2.83. The molecular weight excluding hydrogens is 256 g/mol. The second kappa shape index (κ2) is 14.0. The Morgan fingerprint density at radius 3 is 1.95 bits per heavy atom. The first-order chi connectivity index (χ1) is 9.92. The van der Waals surface area contributed by atoms with Gasteiger partial charge in [0.25, 0.3) is 0 Å². The quantitative estimate of drug-likeness (QED) is 0.319. The van der Waals surface area contributed by atoms with Gasteiger partial charge < -0.3 is 4.74 Å². The molecule has 1 heteroatoms. The van der Waals surface area contributed by atoms with Gasteiger partial charge in [-0.1, -0.05) is 79.2 Å². The van der Waals surface area contributed by atoms with Gasteiger partial charge in [-0.15, -0.1) is 0 Å². The van der Waals surface area contributed by atoms with Crippen LogP contribution in [0.3, 0.4) is 0 Å². The molecular formula is C20H38O. The van der Waals surface area contributed by atoms with E-state index in [1.165, 1.54) is 25.7 Å². The number of hydrogen-bond donors (Lipinski definition) is 0. The van der Waals surface area contributed by atoms with Gasteiger partial charge in [-0.3, -0.25) is 0 Å². The SMILES string of the molecule is C=C(/C=C\C(=C)C(C)CCC(C)C(C)CCC)OC.CC. The zero-order valence-corrected chi connectivity index (χ0v) is 15.5. The highest BCUT2D eigenvalue weighted by molar-refractivity contribution is 5.22. The number of methoxy groups -OCH3 is 1. The summed E-state index contributed by atoms with van der Waals surface area (Å²) in [5.41, 5.74) is 1.16. The molecule has 124 valence electrons. The van der Waals surface area contributed by atoms with Crippen LogP contribution in [-0.4, -0.2) is 7.11 Å². The van der Waals surface area contributed by atoms with Crippen LogP contribution >= 0.6 is 0 Å². The van der Waals surface area contributed by atoms with Crippen LogP contribution in [0.15, 0.2) is 36.6 Å². The molecule has 3 atom stereocenters. The average Bonchev–Trinajstić information content (AvgIpc) is 2.51. The van der Waals surface area contributed by atoms with Gasteiger partial charge in [0.2, 0.25) is 0 Å². The minimum Gasteiger partial charge on any atom is -0.497 e. The zero-order valence-electron chi connectivity index (χ0n) is 15.5. The van der Waals surface area contributed by atoms with Crippen molar-refractivity contribution in [1.29, 1.82) is 0 Å². The van der Waals surface area contributed by atoms with Gasteiger partial charge in [0.05, 0.1) is 7.11 Å².